The van der Waals surface area contributed by atoms with E-state index in [2.05, 4.69) is 9.97 Å². The van der Waals surface area contributed by atoms with Crippen molar-refractivity contribution >= 4 is 23.6 Å². The van der Waals surface area contributed by atoms with Gasteiger partial charge in [0.1, 0.15) is 6.61 Å². The van der Waals surface area contributed by atoms with Gasteiger partial charge in [0.2, 0.25) is 12.0 Å². The Bertz CT molecular complexity index is 843. The summed E-state index contributed by atoms with van der Waals surface area (Å²) in [4.78, 5) is 36.8. The number of fused-ring (bicyclic) bond motifs is 1. The number of amides is 2. The zero-order valence-corrected chi connectivity index (χ0v) is 16.0. The molecule has 1 unspecified atom stereocenters. The molecule has 1 fully saturated rings. The van der Waals surface area contributed by atoms with Crippen LogP contribution >= 0.6 is 11.8 Å². The number of rotatable bonds is 4. The second-order valence-corrected chi connectivity index (χ2v) is 7.33. The number of nitrogens with zero attached hydrogens (tertiary/aromatic N) is 4. The first-order chi connectivity index (χ1) is 13.7. The maximum absolute atomic E-state index is 12.7. The maximum Gasteiger partial charge on any atom is 0.267 e. The van der Waals surface area contributed by atoms with E-state index < -0.39 is 6.10 Å². The lowest BCUT2D eigenvalue weighted by Crippen LogP contribution is -2.55. The standard InChI is InChI=1S/C19H20N4O4S/c24-17(13-28-19-20-6-3-7-21-19)22-8-10-23(11-9-22)18(25)16-12-26-14-4-1-2-5-15(14)27-16/h1-7,16H,8-13H2. The van der Waals surface area contributed by atoms with E-state index in [9.17, 15) is 9.59 Å². The van der Waals surface area contributed by atoms with E-state index in [-0.39, 0.29) is 24.2 Å². The van der Waals surface area contributed by atoms with Gasteiger partial charge in [0.15, 0.2) is 16.7 Å². The fraction of sp³-hybridized carbons (Fsp3) is 0.368. The van der Waals surface area contributed by atoms with Gasteiger partial charge in [0, 0.05) is 38.6 Å². The summed E-state index contributed by atoms with van der Waals surface area (Å²) < 4.78 is 11.4. The summed E-state index contributed by atoms with van der Waals surface area (Å²) in [6.07, 6.45) is 2.65. The lowest BCUT2D eigenvalue weighted by Gasteiger charge is -2.37. The number of thioether (sulfide) groups is 1. The van der Waals surface area contributed by atoms with Crippen LogP contribution in [0, 0.1) is 0 Å². The summed E-state index contributed by atoms with van der Waals surface area (Å²) in [6.45, 7) is 2.18. The fourth-order valence-corrected chi connectivity index (χ4v) is 3.80. The predicted octanol–water partition coefficient (Wildman–Crippen LogP) is 1.08. The van der Waals surface area contributed by atoms with E-state index in [1.54, 1.807) is 34.3 Å². The molecule has 2 amide bonds. The Kier molecular flexibility index (Phi) is 5.61. The Morgan fingerprint density at radius 3 is 2.43 bits per heavy atom. The van der Waals surface area contributed by atoms with Crippen molar-refractivity contribution < 1.29 is 19.1 Å². The summed E-state index contributed by atoms with van der Waals surface area (Å²) in [7, 11) is 0. The van der Waals surface area contributed by atoms with Crippen molar-refractivity contribution in [3.8, 4) is 11.5 Å². The van der Waals surface area contributed by atoms with Crippen molar-refractivity contribution in [2.45, 2.75) is 11.3 Å². The molecule has 0 spiro atoms. The summed E-state index contributed by atoms with van der Waals surface area (Å²) in [5, 5.41) is 0.583. The molecule has 0 radical (unpaired) electrons. The Balaban J connectivity index is 1.26. The van der Waals surface area contributed by atoms with Crippen LogP contribution in [0.3, 0.4) is 0 Å². The third kappa shape index (κ3) is 4.19. The van der Waals surface area contributed by atoms with Gasteiger partial charge in [0.25, 0.3) is 5.91 Å². The molecular formula is C19H20N4O4S. The highest BCUT2D eigenvalue weighted by atomic mass is 32.2. The molecule has 2 aliphatic rings. The van der Waals surface area contributed by atoms with E-state index in [0.29, 0.717) is 42.8 Å². The number of carbonyl (C=O) groups excluding carboxylic acids is 2. The number of piperazine rings is 1. The highest BCUT2D eigenvalue weighted by Gasteiger charge is 2.33. The number of aromatic nitrogens is 2. The summed E-state index contributed by atoms with van der Waals surface area (Å²) in [6, 6.07) is 9.06. The van der Waals surface area contributed by atoms with E-state index in [1.807, 2.05) is 18.2 Å². The van der Waals surface area contributed by atoms with Crippen molar-refractivity contribution in [1.29, 1.82) is 0 Å². The molecule has 146 valence electrons. The molecule has 2 aromatic rings. The van der Waals surface area contributed by atoms with Crippen LogP contribution in [-0.2, 0) is 9.59 Å². The summed E-state index contributed by atoms with van der Waals surface area (Å²) >= 11 is 1.31. The monoisotopic (exact) mass is 400 g/mol. The Morgan fingerprint density at radius 1 is 1.00 bits per heavy atom. The van der Waals surface area contributed by atoms with Crippen molar-refractivity contribution in [1.82, 2.24) is 19.8 Å². The van der Waals surface area contributed by atoms with Gasteiger partial charge in [-0.3, -0.25) is 9.59 Å². The highest BCUT2D eigenvalue weighted by Crippen LogP contribution is 2.31. The van der Waals surface area contributed by atoms with Crippen LogP contribution in [-0.4, -0.2) is 76.2 Å². The average Bonchev–Trinajstić information content (AvgIpc) is 2.77. The lowest BCUT2D eigenvalue weighted by molar-refractivity contribution is -0.145. The lowest BCUT2D eigenvalue weighted by atomic mass is 10.2. The molecule has 4 rings (SSSR count). The largest absolute Gasteiger partial charge is 0.485 e. The molecule has 9 heteroatoms. The van der Waals surface area contributed by atoms with Crippen LogP contribution in [0.4, 0.5) is 0 Å². The number of para-hydroxylation sites is 2. The van der Waals surface area contributed by atoms with Crippen LogP contribution in [0.1, 0.15) is 0 Å². The molecule has 0 aliphatic carbocycles. The van der Waals surface area contributed by atoms with Gasteiger partial charge in [-0.2, -0.15) is 0 Å². The minimum absolute atomic E-state index is 0.0238. The summed E-state index contributed by atoms with van der Waals surface area (Å²) in [5.74, 6) is 1.45. The molecule has 28 heavy (non-hydrogen) atoms. The molecular weight excluding hydrogens is 380 g/mol. The molecule has 1 aromatic carbocycles. The van der Waals surface area contributed by atoms with Gasteiger partial charge in [0.05, 0.1) is 5.75 Å². The van der Waals surface area contributed by atoms with Crippen LogP contribution in [0.15, 0.2) is 47.9 Å². The molecule has 1 aromatic heterocycles. The first-order valence-corrected chi connectivity index (χ1v) is 10.0. The Hall–Kier alpha value is -2.81. The number of hydrogen-bond acceptors (Lipinski definition) is 7. The number of hydrogen-bond donors (Lipinski definition) is 0. The first-order valence-electron chi connectivity index (χ1n) is 9.05. The van der Waals surface area contributed by atoms with Gasteiger partial charge < -0.3 is 19.3 Å². The molecule has 1 saturated heterocycles. The third-order valence-corrected chi connectivity index (χ3v) is 5.46. The normalized spacial score (nSPS) is 18.6. The molecule has 3 heterocycles. The average molecular weight is 400 g/mol. The predicted molar refractivity (Wildman–Crippen MR) is 102 cm³/mol. The van der Waals surface area contributed by atoms with Gasteiger partial charge >= 0.3 is 0 Å². The van der Waals surface area contributed by atoms with Crippen molar-refractivity contribution in [3.05, 3.63) is 42.7 Å². The van der Waals surface area contributed by atoms with E-state index in [4.69, 9.17) is 9.47 Å². The van der Waals surface area contributed by atoms with Gasteiger partial charge in [-0.05, 0) is 18.2 Å². The quantitative estimate of drug-likeness (QED) is 0.561. The topological polar surface area (TPSA) is 84.9 Å². The molecule has 0 N–H and O–H groups in total. The first kappa shape index (κ1) is 18.5. The van der Waals surface area contributed by atoms with Crippen LogP contribution < -0.4 is 9.47 Å². The molecule has 2 aliphatic heterocycles. The zero-order chi connectivity index (χ0) is 19.3. The van der Waals surface area contributed by atoms with Crippen molar-refractivity contribution in [2.75, 3.05) is 38.5 Å². The van der Waals surface area contributed by atoms with Crippen LogP contribution in [0.2, 0.25) is 0 Å². The van der Waals surface area contributed by atoms with E-state index >= 15 is 0 Å². The minimum Gasteiger partial charge on any atom is -0.485 e. The second kappa shape index (κ2) is 8.47. The minimum atomic E-state index is -0.650. The van der Waals surface area contributed by atoms with Crippen LogP contribution in [0.5, 0.6) is 11.5 Å². The maximum atomic E-state index is 12.7. The second-order valence-electron chi connectivity index (χ2n) is 6.39. The SMILES string of the molecule is O=C(CSc1ncccn1)N1CCN(C(=O)C2COc3ccccc3O2)CC1. The number of ether oxygens (including phenoxy) is 2. The molecule has 1 atom stereocenters. The Labute approximate surface area is 166 Å². The number of benzene rings is 1. The highest BCUT2D eigenvalue weighted by molar-refractivity contribution is 7.99. The van der Waals surface area contributed by atoms with Crippen LogP contribution in [0.25, 0.3) is 0 Å². The van der Waals surface area contributed by atoms with E-state index in [1.165, 1.54) is 11.8 Å². The Morgan fingerprint density at radius 2 is 1.68 bits per heavy atom. The van der Waals surface area contributed by atoms with Gasteiger partial charge in [-0.15, -0.1) is 0 Å². The molecule has 8 nitrogen and oxygen atoms in total. The fourth-order valence-electron chi connectivity index (χ4n) is 3.10. The summed E-state index contributed by atoms with van der Waals surface area (Å²) in [5.41, 5.74) is 0. The van der Waals surface area contributed by atoms with Crippen molar-refractivity contribution in [3.63, 3.8) is 0 Å². The smallest absolute Gasteiger partial charge is 0.267 e. The molecule has 0 saturated carbocycles. The van der Waals surface area contributed by atoms with Gasteiger partial charge in [-0.1, -0.05) is 23.9 Å². The third-order valence-electron chi connectivity index (χ3n) is 4.59. The van der Waals surface area contributed by atoms with Crippen molar-refractivity contribution in [2.24, 2.45) is 0 Å². The van der Waals surface area contributed by atoms with E-state index in [0.717, 1.165) is 0 Å². The zero-order valence-electron chi connectivity index (χ0n) is 15.2. The van der Waals surface area contributed by atoms with Gasteiger partial charge in [-0.25, -0.2) is 9.97 Å². The number of carbonyl (C=O) groups is 2. The molecule has 0 bridgehead atoms.